The lowest BCUT2D eigenvalue weighted by atomic mass is 9.82. The summed E-state index contributed by atoms with van der Waals surface area (Å²) in [7, 11) is 1.09. The maximum absolute atomic E-state index is 13.6. The Balaban J connectivity index is 1.39. The van der Waals surface area contributed by atoms with Crippen LogP contribution in [0.3, 0.4) is 0 Å². The fourth-order valence-corrected chi connectivity index (χ4v) is 6.07. The maximum atomic E-state index is 13.6. The molecule has 11 heteroatoms. The third-order valence-corrected chi connectivity index (χ3v) is 8.94. The van der Waals surface area contributed by atoms with E-state index in [0.29, 0.717) is 37.7 Å². The van der Waals surface area contributed by atoms with Crippen molar-refractivity contribution in [1.82, 2.24) is 23.7 Å². The van der Waals surface area contributed by atoms with Crippen LogP contribution >= 0.6 is 0 Å². The molecule has 198 valence electrons. The van der Waals surface area contributed by atoms with E-state index in [2.05, 4.69) is 9.82 Å². The quantitative estimate of drug-likeness (QED) is 0.576. The molecule has 1 saturated carbocycles. The van der Waals surface area contributed by atoms with Gasteiger partial charge in [-0.2, -0.15) is 22.5 Å². The van der Waals surface area contributed by atoms with E-state index < -0.39 is 10.2 Å². The number of carbonyl (C=O) groups is 1. The first-order valence-electron chi connectivity index (χ1n) is 12.5. The number of likely N-dealkylation sites (tertiary alicyclic amines) is 1. The number of amides is 1. The van der Waals surface area contributed by atoms with Crippen LogP contribution in [-0.2, 0) is 22.0 Å². The summed E-state index contributed by atoms with van der Waals surface area (Å²) in [6, 6.07) is 8.16. The van der Waals surface area contributed by atoms with Gasteiger partial charge in [-0.05, 0) is 61.8 Å². The minimum absolute atomic E-state index is 0.0593. The molecule has 0 spiro atoms. The third-order valence-electron chi connectivity index (χ3n) is 7.38. The summed E-state index contributed by atoms with van der Waals surface area (Å²) < 4.78 is 50.5. The number of aromatic nitrogens is 2. The Kier molecular flexibility index (Phi) is 8.44. The number of nitrogens with one attached hydrogen (secondary N) is 1. The van der Waals surface area contributed by atoms with Crippen molar-refractivity contribution in [2.45, 2.75) is 50.2 Å². The minimum atomic E-state index is -3.62. The molecule has 2 heterocycles. The topological polar surface area (TPSA) is 96.8 Å². The van der Waals surface area contributed by atoms with Crippen molar-refractivity contribution in [3.8, 4) is 0 Å². The third kappa shape index (κ3) is 6.31. The van der Waals surface area contributed by atoms with E-state index in [1.54, 1.807) is 41.0 Å². The molecule has 1 aliphatic heterocycles. The second-order valence-corrected chi connectivity index (χ2v) is 11.9. The first-order chi connectivity index (χ1) is 17.1. The highest BCUT2D eigenvalue weighted by atomic mass is 32.2. The Labute approximate surface area is 212 Å². The van der Waals surface area contributed by atoms with Gasteiger partial charge in [0, 0.05) is 52.4 Å². The molecule has 1 aliphatic carbocycles. The number of benzene rings is 1. The molecular formula is C25H36FN5O4S. The monoisotopic (exact) mass is 521 g/mol. The predicted molar refractivity (Wildman–Crippen MR) is 134 cm³/mol. The molecule has 9 nitrogen and oxygen atoms in total. The van der Waals surface area contributed by atoms with Crippen LogP contribution in [0.15, 0.2) is 36.5 Å². The number of hydrogen-bond acceptors (Lipinski definition) is 5. The van der Waals surface area contributed by atoms with Crippen LogP contribution in [0.25, 0.3) is 0 Å². The Bertz CT molecular complexity index is 1150. The molecule has 0 bridgehead atoms. The number of halogens is 1. The summed E-state index contributed by atoms with van der Waals surface area (Å²) in [5.41, 5.74) is 1.53. The molecule has 1 aromatic carbocycles. The van der Waals surface area contributed by atoms with Gasteiger partial charge < -0.3 is 9.64 Å². The molecular weight excluding hydrogens is 485 g/mol. The van der Waals surface area contributed by atoms with E-state index in [1.165, 1.54) is 20.2 Å². The summed E-state index contributed by atoms with van der Waals surface area (Å²) >= 11 is 0. The van der Waals surface area contributed by atoms with Crippen LogP contribution < -0.4 is 4.72 Å². The van der Waals surface area contributed by atoms with Crippen LogP contribution in [-0.4, -0.2) is 79.2 Å². The number of carbonyl (C=O) groups excluding carboxylic acids is 1. The zero-order valence-electron chi connectivity index (χ0n) is 21.1. The Morgan fingerprint density at radius 1 is 1.19 bits per heavy atom. The summed E-state index contributed by atoms with van der Waals surface area (Å²) in [5.74, 6) is -0.197. The molecule has 2 aliphatic rings. The van der Waals surface area contributed by atoms with Gasteiger partial charge in [-0.25, -0.2) is 4.39 Å². The van der Waals surface area contributed by atoms with Gasteiger partial charge in [-0.3, -0.25) is 9.48 Å². The van der Waals surface area contributed by atoms with Gasteiger partial charge >= 0.3 is 0 Å². The minimum Gasteiger partial charge on any atom is -0.378 e. The Hall–Kier alpha value is -2.34. The summed E-state index contributed by atoms with van der Waals surface area (Å²) in [4.78, 5) is 14.8. The first kappa shape index (κ1) is 26.7. The fourth-order valence-electron chi connectivity index (χ4n) is 5.17. The lowest BCUT2D eigenvalue weighted by Crippen LogP contribution is -2.55. The van der Waals surface area contributed by atoms with Gasteiger partial charge in [0.2, 0.25) is 0 Å². The maximum Gasteiger partial charge on any atom is 0.279 e. The van der Waals surface area contributed by atoms with Gasteiger partial charge in [-0.15, -0.1) is 0 Å². The summed E-state index contributed by atoms with van der Waals surface area (Å²) in [6.45, 7) is 1.19. The van der Waals surface area contributed by atoms with Crippen molar-refractivity contribution in [3.63, 3.8) is 0 Å². The number of piperidine rings is 1. The molecule has 0 radical (unpaired) electrons. The van der Waals surface area contributed by atoms with Gasteiger partial charge in [0.1, 0.15) is 11.5 Å². The van der Waals surface area contributed by atoms with Crippen molar-refractivity contribution < 1.29 is 22.3 Å². The number of nitrogens with zero attached hydrogens (tertiary/aromatic N) is 4. The number of aryl methyl sites for hydroxylation is 1. The van der Waals surface area contributed by atoms with Gasteiger partial charge in [0.05, 0.1) is 12.7 Å². The van der Waals surface area contributed by atoms with Crippen LogP contribution in [0, 0.1) is 11.7 Å². The van der Waals surface area contributed by atoms with Crippen molar-refractivity contribution in [2.24, 2.45) is 13.0 Å². The van der Waals surface area contributed by atoms with E-state index in [1.807, 2.05) is 6.07 Å². The molecule has 1 saturated heterocycles. The molecule has 36 heavy (non-hydrogen) atoms. The Morgan fingerprint density at radius 3 is 2.58 bits per heavy atom. The van der Waals surface area contributed by atoms with E-state index in [-0.39, 0.29) is 29.8 Å². The normalized spacial score (nSPS) is 25.3. The smallest absolute Gasteiger partial charge is 0.279 e. The number of hydrogen-bond donors (Lipinski definition) is 1. The van der Waals surface area contributed by atoms with E-state index in [9.17, 15) is 17.6 Å². The number of rotatable bonds is 8. The lowest BCUT2D eigenvalue weighted by molar-refractivity contribution is -0.0152. The van der Waals surface area contributed by atoms with Crippen LogP contribution in [0.2, 0.25) is 0 Å². The molecule has 2 unspecified atom stereocenters. The average Bonchev–Trinajstić information content (AvgIpc) is 3.28. The van der Waals surface area contributed by atoms with Crippen molar-refractivity contribution in [3.05, 3.63) is 53.6 Å². The zero-order chi connectivity index (χ0) is 25.9. The van der Waals surface area contributed by atoms with Gasteiger partial charge in [0.15, 0.2) is 0 Å². The van der Waals surface area contributed by atoms with Gasteiger partial charge in [0.25, 0.3) is 16.1 Å². The number of ether oxygens (including phenoxy) is 1. The van der Waals surface area contributed by atoms with Crippen LogP contribution in [0.4, 0.5) is 4.39 Å². The van der Waals surface area contributed by atoms with E-state index in [4.69, 9.17) is 4.74 Å². The molecule has 2 aromatic rings. The first-order valence-corrected chi connectivity index (χ1v) is 13.9. The van der Waals surface area contributed by atoms with E-state index >= 15 is 0 Å². The summed E-state index contributed by atoms with van der Waals surface area (Å²) in [6.07, 6.45) is 5.70. The van der Waals surface area contributed by atoms with Crippen LogP contribution in [0.1, 0.15) is 54.1 Å². The largest absolute Gasteiger partial charge is 0.378 e. The highest BCUT2D eigenvalue weighted by Gasteiger charge is 2.36. The van der Waals surface area contributed by atoms with Crippen molar-refractivity contribution >= 4 is 16.1 Å². The second-order valence-electron chi connectivity index (χ2n) is 10.0. The molecule has 2 fully saturated rings. The van der Waals surface area contributed by atoms with Crippen LogP contribution in [0.5, 0.6) is 0 Å². The van der Waals surface area contributed by atoms with Crippen molar-refractivity contribution in [1.29, 1.82) is 0 Å². The second kappa shape index (κ2) is 11.4. The van der Waals surface area contributed by atoms with Gasteiger partial charge in [-0.1, -0.05) is 12.1 Å². The highest BCUT2D eigenvalue weighted by Crippen LogP contribution is 2.34. The standard InChI is InChI=1S/C25H36FN5O4S/c1-29(2)36(33,34)28-23-12-14-31(25(32)24-11-13-27-30(24)3)16-20(23)17-35-22-9-7-18(8-10-22)19-5-4-6-21(26)15-19/h4-6,11,13,15,18,20,22-23,28H,7-10,12,14,16-17H2,1-3H3/t18-,20?,22+,23?. The SMILES string of the molecule is CN(C)S(=O)(=O)NC1CCN(C(=O)c2ccnn2C)CC1CO[C@H]1CC[C@@H](c2cccc(F)c2)CC1. The van der Waals surface area contributed by atoms with E-state index in [0.717, 1.165) is 35.6 Å². The zero-order valence-corrected chi connectivity index (χ0v) is 22.0. The summed E-state index contributed by atoms with van der Waals surface area (Å²) in [5, 5.41) is 4.09. The molecule has 1 amide bonds. The Morgan fingerprint density at radius 2 is 1.94 bits per heavy atom. The molecule has 1 aromatic heterocycles. The molecule has 1 N–H and O–H groups in total. The lowest BCUT2D eigenvalue weighted by Gasteiger charge is -2.40. The highest BCUT2D eigenvalue weighted by molar-refractivity contribution is 7.87. The van der Waals surface area contributed by atoms with Crippen molar-refractivity contribution in [2.75, 3.05) is 33.8 Å². The molecule has 4 rings (SSSR count). The fraction of sp³-hybridized carbons (Fsp3) is 0.600. The molecule has 2 atom stereocenters. The predicted octanol–water partition coefficient (Wildman–Crippen LogP) is 2.53. The average molecular weight is 522 g/mol.